The molecule has 0 saturated carbocycles. The topological polar surface area (TPSA) is 116 Å². The summed E-state index contributed by atoms with van der Waals surface area (Å²) < 4.78 is 4.48. The van der Waals surface area contributed by atoms with Gasteiger partial charge in [-0.2, -0.15) is 0 Å². The van der Waals surface area contributed by atoms with Gasteiger partial charge in [0, 0.05) is 6.92 Å². The molecule has 9 heteroatoms. The maximum absolute atomic E-state index is 12.6. The van der Waals surface area contributed by atoms with E-state index in [1.165, 1.54) is 18.9 Å². The SMILES string of the molecule is COC(=O)NC(C(=O)N1CN(C(C)=O)CC1C(=O)O)C(C)C. The molecule has 1 heterocycles. The predicted octanol–water partition coefficient (Wildman–Crippen LogP) is -0.532. The molecular weight excluding hydrogens is 294 g/mol. The number of aliphatic carboxylic acids is 1. The quantitative estimate of drug-likeness (QED) is 0.720. The van der Waals surface area contributed by atoms with Crippen molar-refractivity contribution in [1.82, 2.24) is 15.1 Å². The predicted molar refractivity (Wildman–Crippen MR) is 74.7 cm³/mol. The molecule has 2 atom stereocenters. The molecule has 22 heavy (non-hydrogen) atoms. The second-order valence-corrected chi connectivity index (χ2v) is 5.40. The van der Waals surface area contributed by atoms with Gasteiger partial charge in [-0.05, 0) is 5.92 Å². The first-order valence-corrected chi connectivity index (χ1v) is 6.82. The number of carboxylic acids is 1. The van der Waals surface area contributed by atoms with Crippen LogP contribution in [0.2, 0.25) is 0 Å². The van der Waals surface area contributed by atoms with Crippen LogP contribution >= 0.6 is 0 Å². The molecule has 0 aromatic rings. The molecule has 0 radical (unpaired) electrons. The molecule has 1 saturated heterocycles. The average molecular weight is 315 g/mol. The van der Waals surface area contributed by atoms with E-state index in [1.807, 2.05) is 0 Å². The zero-order valence-electron chi connectivity index (χ0n) is 13.0. The number of methoxy groups -OCH3 is 1. The van der Waals surface area contributed by atoms with Gasteiger partial charge >= 0.3 is 12.1 Å². The molecular formula is C13H21N3O6. The molecule has 1 aliphatic rings. The highest BCUT2D eigenvalue weighted by atomic mass is 16.5. The Kier molecular flexibility index (Phi) is 5.72. The Labute approximate surface area is 128 Å². The Balaban J connectivity index is 2.97. The van der Waals surface area contributed by atoms with Gasteiger partial charge in [0.1, 0.15) is 12.1 Å². The Bertz CT molecular complexity index is 478. The van der Waals surface area contributed by atoms with E-state index in [4.69, 9.17) is 0 Å². The molecule has 0 spiro atoms. The van der Waals surface area contributed by atoms with Gasteiger partial charge in [-0.1, -0.05) is 13.8 Å². The molecule has 124 valence electrons. The molecule has 9 nitrogen and oxygen atoms in total. The highest BCUT2D eigenvalue weighted by Gasteiger charge is 2.42. The van der Waals surface area contributed by atoms with Crippen molar-refractivity contribution in [2.75, 3.05) is 20.3 Å². The number of nitrogens with zero attached hydrogens (tertiary/aromatic N) is 2. The van der Waals surface area contributed by atoms with Crippen LogP contribution in [0.1, 0.15) is 20.8 Å². The monoisotopic (exact) mass is 315 g/mol. The Morgan fingerprint density at radius 2 is 1.86 bits per heavy atom. The van der Waals surface area contributed by atoms with Crippen molar-refractivity contribution in [3.05, 3.63) is 0 Å². The van der Waals surface area contributed by atoms with Crippen molar-refractivity contribution < 1.29 is 29.0 Å². The van der Waals surface area contributed by atoms with Crippen molar-refractivity contribution in [2.45, 2.75) is 32.9 Å². The van der Waals surface area contributed by atoms with Crippen LogP contribution in [0.25, 0.3) is 0 Å². The lowest BCUT2D eigenvalue weighted by molar-refractivity contribution is -0.149. The van der Waals surface area contributed by atoms with Gasteiger partial charge in [0.2, 0.25) is 11.8 Å². The number of carbonyl (C=O) groups excluding carboxylic acids is 3. The summed E-state index contributed by atoms with van der Waals surface area (Å²) in [6.45, 7) is 4.55. The number of rotatable bonds is 4. The maximum Gasteiger partial charge on any atom is 0.407 e. The zero-order chi connectivity index (χ0) is 17.0. The maximum atomic E-state index is 12.6. The lowest BCUT2D eigenvalue weighted by Crippen LogP contribution is -2.54. The number of carboxylic acid groups (broad SMARTS) is 1. The summed E-state index contributed by atoms with van der Waals surface area (Å²) in [7, 11) is 1.17. The van der Waals surface area contributed by atoms with Crippen LogP contribution in [0.4, 0.5) is 4.79 Å². The summed E-state index contributed by atoms with van der Waals surface area (Å²) in [4.78, 5) is 49.0. The molecule has 1 rings (SSSR count). The van der Waals surface area contributed by atoms with Gasteiger partial charge in [0.05, 0.1) is 20.3 Å². The van der Waals surface area contributed by atoms with E-state index in [0.717, 1.165) is 4.90 Å². The van der Waals surface area contributed by atoms with E-state index in [1.54, 1.807) is 13.8 Å². The number of carbonyl (C=O) groups is 4. The van der Waals surface area contributed by atoms with Crippen molar-refractivity contribution in [3.63, 3.8) is 0 Å². The number of ether oxygens (including phenoxy) is 1. The summed E-state index contributed by atoms with van der Waals surface area (Å²) >= 11 is 0. The van der Waals surface area contributed by atoms with Gasteiger partial charge in [0.15, 0.2) is 0 Å². The average Bonchev–Trinajstić information content (AvgIpc) is 2.88. The summed E-state index contributed by atoms with van der Waals surface area (Å²) in [5, 5.41) is 11.6. The van der Waals surface area contributed by atoms with Crippen LogP contribution in [0.5, 0.6) is 0 Å². The third kappa shape index (κ3) is 3.86. The normalized spacial score (nSPS) is 19.0. The summed E-state index contributed by atoms with van der Waals surface area (Å²) in [5.74, 6) is -2.34. The minimum absolute atomic E-state index is 0.0700. The Hall–Kier alpha value is -2.32. The standard InChI is InChI=1S/C13H21N3O6/c1-7(2)10(14-13(21)22-4)11(18)16-6-15(8(3)17)5-9(16)12(19)20/h7,9-10H,5-6H2,1-4H3,(H,14,21)(H,19,20). The Morgan fingerprint density at radius 3 is 2.27 bits per heavy atom. The largest absolute Gasteiger partial charge is 0.480 e. The third-order valence-electron chi connectivity index (χ3n) is 3.50. The first-order chi connectivity index (χ1) is 10.2. The minimum Gasteiger partial charge on any atom is -0.480 e. The summed E-state index contributed by atoms with van der Waals surface area (Å²) in [6, 6.07) is -2.06. The van der Waals surface area contributed by atoms with Crippen LogP contribution in [0, 0.1) is 5.92 Å². The summed E-state index contributed by atoms with van der Waals surface area (Å²) in [6.07, 6.45) is -0.776. The van der Waals surface area contributed by atoms with Gasteiger partial charge in [-0.3, -0.25) is 9.59 Å². The molecule has 1 fully saturated rings. The molecule has 0 aromatic heterocycles. The third-order valence-corrected chi connectivity index (χ3v) is 3.50. The zero-order valence-corrected chi connectivity index (χ0v) is 13.0. The van der Waals surface area contributed by atoms with Crippen molar-refractivity contribution in [3.8, 4) is 0 Å². The van der Waals surface area contributed by atoms with Crippen LogP contribution in [0.15, 0.2) is 0 Å². The molecule has 1 aliphatic heterocycles. The van der Waals surface area contributed by atoms with Gasteiger partial charge < -0.3 is 25.0 Å². The molecule has 2 unspecified atom stereocenters. The molecule has 0 aromatic carbocycles. The van der Waals surface area contributed by atoms with Crippen LogP contribution in [0.3, 0.4) is 0 Å². The van der Waals surface area contributed by atoms with E-state index in [0.29, 0.717) is 0 Å². The van der Waals surface area contributed by atoms with Crippen LogP contribution in [-0.2, 0) is 19.1 Å². The van der Waals surface area contributed by atoms with E-state index in [-0.39, 0.29) is 25.0 Å². The Morgan fingerprint density at radius 1 is 1.27 bits per heavy atom. The number of amides is 3. The minimum atomic E-state index is -1.20. The molecule has 0 bridgehead atoms. The fraction of sp³-hybridized carbons (Fsp3) is 0.692. The fourth-order valence-corrected chi connectivity index (χ4v) is 2.19. The fourth-order valence-electron chi connectivity index (χ4n) is 2.19. The van der Waals surface area contributed by atoms with E-state index < -0.39 is 30.1 Å². The van der Waals surface area contributed by atoms with Crippen molar-refractivity contribution >= 4 is 23.9 Å². The van der Waals surface area contributed by atoms with E-state index >= 15 is 0 Å². The lowest BCUT2D eigenvalue weighted by Gasteiger charge is -2.28. The van der Waals surface area contributed by atoms with E-state index in [9.17, 15) is 24.3 Å². The van der Waals surface area contributed by atoms with Gasteiger partial charge in [0.25, 0.3) is 0 Å². The van der Waals surface area contributed by atoms with E-state index in [2.05, 4.69) is 10.1 Å². The van der Waals surface area contributed by atoms with Gasteiger partial charge in [-0.15, -0.1) is 0 Å². The number of hydrogen-bond donors (Lipinski definition) is 2. The number of hydrogen-bond acceptors (Lipinski definition) is 5. The van der Waals surface area contributed by atoms with Gasteiger partial charge in [-0.25, -0.2) is 9.59 Å². The highest BCUT2D eigenvalue weighted by Crippen LogP contribution is 2.17. The van der Waals surface area contributed by atoms with Crippen LogP contribution in [-0.4, -0.2) is 71.2 Å². The molecule has 3 amide bonds. The first kappa shape index (κ1) is 17.7. The lowest BCUT2D eigenvalue weighted by atomic mass is 10.0. The van der Waals surface area contributed by atoms with Crippen molar-refractivity contribution in [2.24, 2.45) is 5.92 Å². The number of nitrogens with one attached hydrogen (secondary N) is 1. The van der Waals surface area contributed by atoms with Crippen LogP contribution < -0.4 is 5.32 Å². The molecule has 2 N–H and O–H groups in total. The van der Waals surface area contributed by atoms with Crippen molar-refractivity contribution in [1.29, 1.82) is 0 Å². The second kappa shape index (κ2) is 7.10. The summed E-state index contributed by atoms with van der Waals surface area (Å²) in [5.41, 5.74) is 0. The second-order valence-electron chi connectivity index (χ2n) is 5.40. The first-order valence-electron chi connectivity index (χ1n) is 6.82. The number of alkyl carbamates (subject to hydrolysis) is 1. The highest BCUT2D eigenvalue weighted by molar-refractivity contribution is 5.91. The molecule has 0 aliphatic carbocycles. The smallest absolute Gasteiger partial charge is 0.407 e.